The van der Waals surface area contributed by atoms with Gasteiger partial charge in [-0.25, -0.2) is 0 Å². The minimum atomic E-state index is -0.686. The molecule has 0 aliphatic heterocycles. The lowest BCUT2D eigenvalue weighted by molar-refractivity contribution is -0.389. The monoisotopic (exact) mass is 293 g/mol. The molecular formula is C14H19N3O4. The first-order valence-electron chi connectivity index (χ1n) is 6.95. The molecular weight excluding hydrogens is 274 g/mol. The fourth-order valence-electron chi connectivity index (χ4n) is 1.92. The average Bonchev–Trinajstić information content (AvgIpc) is 2.48. The Labute approximate surface area is 122 Å². The van der Waals surface area contributed by atoms with Gasteiger partial charge in [-0.3, -0.25) is 14.9 Å². The maximum Gasteiger partial charge on any atom is 0.364 e. The number of amides is 2. The zero-order valence-electron chi connectivity index (χ0n) is 12.2. The fourth-order valence-corrected chi connectivity index (χ4v) is 1.92. The Kier molecular flexibility index (Phi) is 6.45. The third-order valence-electron chi connectivity index (χ3n) is 3.20. The summed E-state index contributed by atoms with van der Waals surface area (Å²) in [5.74, 6) is -1.62. The van der Waals surface area contributed by atoms with Gasteiger partial charge in [-0.1, -0.05) is 26.7 Å². The van der Waals surface area contributed by atoms with Crippen molar-refractivity contribution in [3.63, 3.8) is 0 Å². The van der Waals surface area contributed by atoms with E-state index >= 15 is 0 Å². The first-order chi connectivity index (χ1) is 9.99. The molecule has 114 valence electrons. The van der Waals surface area contributed by atoms with Crippen LogP contribution in [-0.2, 0) is 4.79 Å². The predicted octanol–water partition coefficient (Wildman–Crippen LogP) is 2.46. The van der Waals surface area contributed by atoms with E-state index < -0.39 is 16.6 Å². The highest BCUT2D eigenvalue weighted by molar-refractivity contribution is 6.05. The summed E-state index contributed by atoms with van der Waals surface area (Å²) < 4.78 is 0. The lowest BCUT2D eigenvalue weighted by atomic mass is 9.98. The molecule has 0 saturated carbocycles. The van der Waals surface area contributed by atoms with Crippen molar-refractivity contribution >= 4 is 17.6 Å². The predicted molar refractivity (Wildman–Crippen MR) is 76.7 cm³/mol. The molecule has 0 bridgehead atoms. The summed E-state index contributed by atoms with van der Waals surface area (Å²) in [5, 5.41) is 12.9. The van der Waals surface area contributed by atoms with Crippen molar-refractivity contribution in [1.29, 1.82) is 0 Å². The van der Waals surface area contributed by atoms with Crippen molar-refractivity contribution in [2.24, 2.45) is 5.92 Å². The Morgan fingerprint density at radius 3 is 2.71 bits per heavy atom. The number of aromatic nitrogens is 1. The number of pyridine rings is 1. The first-order valence-corrected chi connectivity index (χ1v) is 6.95. The van der Waals surface area contributed by atoms with E-state index in [2.05, 4.69) is 10.3 Å². The summed E-state index contributed by atoms with van der Waals surface area (Å²) in [7, 11) is 0. The van der Waals surface area contributed by atoms with E-state index in [1.54, 1.807) is 0 Å². The van der Waals surface area contributed by atoms with E-state index in [0.717, 1.165) is 25.3 Å². The standard InChI is InChI=1S/C14H19N3O4/c1-3-5-6-10(4-2)13(18)16-14(19)11-7-8-15-12(9-11)17(20)21/h7-10H,3-6H2,1-2H3,(H,16,18,19). The number of nitrogens with one attached hydrogen (secondary N) is 1. The number of nitrogens with zero attached hydrogens (tertiary/aromatic N) is 2. The summed E-state index contributed by atoms with van der Waals surface area (Å²) >= 11 is 0. The van der Waals surface area contributed by atoms with Crippen molar-refractivity contribution < 1.29 is 14.5 Å². The van der Waals surface area contributed by atoms with Gasteiger partial charge in [0, 0.05) is 12.0 Å². The van der Waals surface area contributed by atoms with Crippen molar-refractivity contribution in [2.45, 2.75) is 39.5 Å². The van der Waals surface area contributed by atoms with Gasteiger partial charge in [0.15, 0.2) is 0 Å². The molecule has 0 spiro atoms. The molecule has 7 nitrogen and oxygen atoms in total. The van der Waals surface area contributed by atoms with E-state index in [4.69, 9.17) is 0 Å². The van der Waals surface area contributed by atoms with Crippen LogP contribution in [0.2, 0.25) is 0 Å². The lowest BCUT2D eigenvalue weighted by Gasteiger charge is -2.13. The molecule has 1 aromatic rings. The number of hydrogen-bond donors (Lipinski definition) is 1. The summed E-state index contributed by atoms with van der Waals surface area (Å²) in [6.07, 6.45) is 4.44. The third-order valence-corrected chi connectivity index (χ3v) is 3.20. The highest BCUT2D eigenvalue weighted by Crippen LogP contribution is 2.14. The Morgan fingerprint density at radius 2 is 2.14 bits per heavy atom. The van der Waals surface area contributed by atoms with Crippen LogP contribution in [0, 0.1) is 16.0 Å². The normalized spacial score (nSPS) is 11.7. The molecule has 0 fully saturated rings. The number of carbonyl (C=O) groups excluding carboxylic acids is 2. The number of nitro groups is 1. The van der Waals surface area contributed by atoms with Gasteiger partial charge in [0.1, 0.15) is 6.20 Å². The maximum absolute atomic E-state index is 12.0. The van der Waals surface area contributed by atoms with Gasteiger partial charge < -0.3 is 10.1 Å². The van der Waals surface area contributed by atoms with Gasteiger partial charge in [-0.2, -0.15) is 0 Å². The molecule has 0 aromatic carbocycles. The van der Waals surface area contributed by atoms with Crippen LogP contribution >= 0.6 is 0 Å². The molecule has 1 rings (SSSR count). The zero-order valence-corrected chi connectivity index (χ0v) is 12.2. The molecule has 0 aliphatic rings. The van der Waals surface area contributed by atoms with Gasteiger partial charge in [0.2, 0.25) is 5.91 Å². The lowest BCUT2D eigenvalue weighted by Crippen LogP contribution is -2.35. The van der Waals surface area contributed by atoms with Crippen LogP contribution in [0.15, 0.2) is 18.3 Å². The highest BCUT2D eigenvalue weighted by atomic mass is 16.6. The Hall–Kier alpha value is -2.31. The third kappa shape index (κ3) is 4.94. The molecule has 1 atom stereocenters. The fraction of sp³-hybridized carbons (Fsp3) is 0.500. The van der Waals surface area contributed by atoms with E-state index in [-0.39, 0.29) is 17.4 Å². The Bertz CT molecular complexity index is 531. The van der Waals surface area contributed by atoms with Crippen molar-refractivity contribution in [1.82, 2.24) is 10.3 Å². The van der Waals surface area contributed by atoms with Crippen LogP contribution in [0.1, 0.15) is 49.9 Å². The Balaban J connectivity index is 2.73. The zero-order chi connectivity index (χ0) is 15.8. The van der Waals surface area contributed by atoms with E-state index in [1.807, 2.05) is 13.8 Å². The smallest absolute Gasteiger partial charge is 0.358 e. The van der Waals surface area contributed by atoms with Gasteiger partial charge in [-0.05, 0) is 28.8 Å². The molecule has 0 aliphatic carbocycles. The second-order valence-corrected chi connectivity index (χ2v) is 4.73. The van der Waals surface area contributed by atoms with Crippen LogP contribution in [0.3, 0.4) is 0 Å². The number of hydrogen-bond acceptors (Lipinski definition) is 5. The molecule has 1 heterocycles. The molecule has 1 aromatic heterocycles. The van der Waals surface area contributed by atoms with E-state index in [9.17, 15) is 19.7 Å². The van der Waals surface area contributed by atoms with Crippen LogP contribution in [0.5, 0.6) is 0 Å². The molecule has 1 unspecified atom stereocenters. The largest absolute Gasteiger partial charge is 0.364 e. The second kappa shape index (κ2) is 8.08. The van der Waals surface area contributed by atoms with Gasteiger partial charge in [-0.15, -0.1) is 0 Å². The van der Waals surface area contributed by atoms with Crippen LogP contribution in [-0.4, -0.2) is 21.7 Å². The SMILES string of the molecule is CCCCC(CC)C(=O)NC(=O)c1ccnc([N+](=O)[O-])c1. The van der Waals surface area contributed by atoms with Crippen LogP contribution < -0.4 is 5.32 Å². The molecule has 0 radical (unpaired) electrons. The number of carbonyl (C=O) groups is 2. The molecule has 0 saturated heterocycles. The summed E-state index contributed by atoms with van der Waals surface area (Å²) in [5.41, 5.74) is 0.0513. The molecule has 1 N–H and O–H groups in total. The van der Waals surface area contributed by atoms with Crippen LogP contribution in [0.25, 0.3) is 0 Å². The number of imide groups is 1. The maximum atomic E-state index is 12.0. The highest BCUT2D eigenvalue weighted by Gasteiger charge is 2.20. The summed E-state index contributed by atoms with van der Waals surface area (Å²) in [6.45, 7) is 3.92. The molecule has 21 heavy (non-hydrogen) atoms. The minimum Gasteiger partial charge on any atom is -0.358 e. The summed E-state index contributed by atoms with van der Waals surface area (Å²) in [6, 6.07) is 2.39. The molecule has 7 heteroatoms. The first kappa shape index (κ1) is 16.7. The van der Waals surface area contributed by atoms with Gasteiger partial charge >= 0.3 is 5.82 Å². The topological polar surface area (TPSA) is 102 Å². The quantitative estimate of drug-likeness (QED) is 0.614. The van der Waals surface area contributed by atoms with E-state index in [0.29, 0.717) is 6.42 Å². The summed E-state index contributed by atoms with van der Waals surface area (Å²) in [4.78, 5) is 37.4. The number of rotatable bonds is 7. The second-order valence-electron chi connectivity index (χ2n) is 4.73. The van der Waals surface area contributed by atoms with Crippen molar-refractivity contribution in [3.8, 4) is 0 Å². The van der Waals surface area contributed by atoms with Crippen LogP contribution in [0.4, 0.5) is 5.82 Å². The van der Waals surface area contributed by atoms with Gasteiger partial charge in [0.25, 0.3) is 5.91 Å². The van der Waals surface area contributed by atoms with E-state index in [1.165, 1.54) is 12.3 Å². The number of unbranched alkanes of at least 4 members (excludes halogenated alkanes) is 1. The van der Waals surface area contributed by atoms with Gasteiger partial charge in [0.05, 0.1) is 5.56 Å². The molecule has 2 amide bonds. The van der Waals surface area contributed by atoms with Crippen molar-refractivity contribution in [2.75, 3.05) is 0 Å². The average molecular weight is 293 g/mol. The minimum absolute atomic E-state index is 0.0513. The Morgan fingerprint density at radius 1 is 1.43 bits per heavy atom. The van der Waals surface area contributed by atoms with Crippen molar-refractivity contribution in [3.05, 3.63) is 34.0 Å².